The first kappa shape index (κ1) is 20.4. The lowest BCUT2D eigenvalue weighted by Crippen LogP contribution is -2.43. The van der Waals surface area contributed by atoms with Crippen molar-refractivity contribution in [3.63, 3.8) is 0 Å². The van der Waals surface area contributed by atoms with Crippen LogP contribution in [0.4, 0.5) is 4.39 Å². The fourth-order valence-electron chi connectivity index (χ4n) is 3.40. The van der Waals surface area contributed by atoms with Crippen LogP contribution in [0.1, 0.15) is 22.0 Å². The van der Waals surface area contributed by atoms with Crippen LogP contribution in [0.15, 0.2) is 42.5 Å². The summed E-state index contributed by atoms with van der Waals surface area (Å²) in [6, 6.07) is 11.7. The summed E-state index contributed by atoms with van der Waals surface area (Å²) in [4.78, 5) is 14.7. The van der Waals surface area contributed by atoms with Gasteiger partial charge in [0.25, 0.3) is 5.91 Å². The molecule has 1 N–H and O–H groups in total. The van der Waals surface area contributed by atoms with Gasteiger partial charge in [0, 0.05) is 19.6 Å². The van der Waals surface area contributed by atoms with E-state index in [2.05, 4.69) is 10.2 Å². The van der Waals surface area contributed by atoms with Crippen molar-refractivity contribution in [3.05, 3.63) is 59.4 Å². The number of hydrogen-bond donors (Lipinski definition) is 1. The number of halogens is 2. The van der Waals surface area contributed by atoms with Gasteiger partial charge in [0.2, 0.25) is 6.79 Å². The van der Waals surface area contributed by atoms with Crippen molar-refractivity contribution >= 4 is 18.3 Å². The molecule has 0 saturated carbocycles. The van der Waals surface area contributed by atoms with Crippen LogP contribution in [0.3, 0.4) is 0 Å². The average Bonchev–Trinajstić information content (AvgIpc) is 3.17. The highest BCUT2D eigenvalue weighted by Crippen LogP contribution is 2.35. The molecule has 0 radical (unpaired) electrons. The molecule has 1 fully saturated rings. The first-order valence-electron chi connectivity index (χ1n) is 8.96. The second-order valence-corrected chi connectivity index (χ2v) is 6.47. The van der Waals surface area contributed by atoms with E-state index in [1.54, 1.807) is 12.1 Å². The molecular weight excluding hydrogens is 387 g/mol. The minimum Gasteiger partial charge on any atom is -0.454 e. The minimum absolute atomic E-state index is 0. The molecule has 150 valence electrons. The maximum absolute atomic E-state index is 13.9. The molecule has 4 rings (SSSR count). The van der Waals surface area contributed by atoms with Gasteiger partial charge in [-0.3, -0.25) is 9.69 Å². The third kappa shape index (κ3) is 4.38. The Bertz CT molecular complexity index is 830. The Kier molecular flexibility index (Phi) is 6.72. The van der Waals surface area contributed by atoms with Crippen molar-refractivity contribution < 1.29 is 23.4 Å². The molecule has 0 spiro atoms. The van der Waals surface area contributed by atoms with Gasteiger partial charge in [-0.1, -0.05) is 18.2 Å². The first-order valence-corrected chi connectivity index (χ1v) is 8.96. The van der Waals surface area contributed by atoms with E-state index in [4.69, 9.17) is 14.2 Å². The molecular formula is C20H22ClFN2O4. The third-order valence-electron chi connectivity index (χ3n) is 4.84. The molecule has 8 heteroatoms. The third-order valence-corrected chi connectivity index (χ3v) is 4.84. The fourth-order valence-corrected chi connectivity index (χ4v) is 3.40. The van der Waals surface area contributed by atoms with Crippen LogP contribution in [0.25, 0.3) is 0 Å². The van der Waals surface area contributed by atoms with Crippen molar-refractivity contribution in [3.8, 4) is 11.5 Å². The number of benzene rings is 2. The van der Waals surface area contributed by atoms with E-state index in [1.165, 1.54) is 12.1 Å². The molecule has 6 nitrogen and oxygen atoms in total. The van der Waals surface area contributed by atoms with Crippen LogP contribution in [0, 0.1) is 5.82 Å². The second-order valence-electron chi connectivity index (χ2n) is 6.47. The highest BCUT2D eigenvalue weighted by atomic mass is 35.5. The van der Waals surface area contributed by atoms with Crippen molar-refractivity contribution in [2.45, 2.75) is 6.04 Å². The highest BCUT2D eigenvalue weighted by molar-refractivity contribution is 5.94. The number of hydrogen-bond acceptors (Lipinski definition) is 5. The van der Waals surface area contributed by atoms with Crippen molar-refractivity contribution in [2.75, 3.05) is 39.6 Å². The molecule has 1 saturated heterocycles. The number of amides is 1. The van der Waals surface area contributed by atoms with Gasteiger partial charge >= 0.3 is 0 Å². The lowest BCUT2D eigenvalue weighted by molar-refractivity contribution is 0.0162. The van der Waals surface area contributed by atoms with Gasteiger partial charge in [0.1, 0.15) is 5.82 Å². The maximum Gasteiger partial charge on any atom is 0.254 e. The smallest absolute Gasteiger partial charge is 0.254 e. The number of ether oxygens (including phenoxy) is 3. The number of nitrogens with one attached hydrogen (secondary N) is 1. The molecule has 0 bridgehead atoms. The maximum atomic E-state index is 13.9. The Morgan fingerprint density at radius 2 is 1.86 bits per heavy atom. The van der Waals surface area contributed by atoms with Crippen molar-refractivity contribution in [1.29, 1.82) is 0 Å². The number of fused-ring (bicyclic) bond motifs is 1. The van der Waals surface area contributed by atoms with E-state index < -0.39 is 11.7 Å². The molecule has 0 aromatic heterocycles. The zero-order chi connectivity index (χ0) is 18.6. The van der Waals surface area contributed by atoms with E-state index >= 15 is 0 Å². The Morgan fingerprint density at radius 3 is 2.64 bits per heavy atom. The lowest BCUT2D eigenvalue weighted by Gasteiger charge is -2.35. The first-order chi connectivity index (χ1) is 13.2. The zero-order valence-electron chi connectivity index (χ0n) is 15.2. The van der Waals surface area contributed by atoms with Crippen molar-refractivity contribution in [2.24, 2.45) is 0 Å². The Morgan fingerprint density at radius 1 is 1.11 bits per heavy atom. The van der Waals surface area contributed by atoms with Gasteiger partial charge in [-0.05, 0) is 29.8 Å². The summed E-state index contributed by atoms with van der Waals surface area (Å²) in [5.74, 6) is 0.467. The monoisotopic (exact) mass is 408 g/mol. The predicted octanol–water partition coefficient (Wildman–Crippen LogP) is 2.78. The zero-order valence-corrected chi connectivity index (χ0v) is 16.0. The number of carbonyl (C=O) groups is 1. The fraction of sp³-hybridized carbons (Fsp3) is 0.350. The van der Waals surface area contributed by atoms with Crippen LogP contribution in [0.2, 0.25) is 0 Å². The minimum atomic E-state index is -0.527. The SMILES string of the molecule is Cl.O=C(NCC(c1ccc2c(c1)OCO2)N1CCOCC1)c1ccccc1F. The molecule has 2 heterocycles. The van der Waals surface area contributed by atoms with Gasteiger partial charge in [0.05, 0.1) is 24.8 Å². The van der Waals surface area contributed by atoms with Crippen LogP contribution in [0.5, 0.6) is 11.5 Å². The van der Waals surface area contributed by atoms with E-state index in [1.807, 2.05) is 18.2 Å². The number of nitrogens with zero attached hydrogens (tertiary/aromatic N) is 1. The topological polar surface area (TPSA) is 60.0 Å². The number of morpholine rings is 1. The van der Waals surface area contributed by atoms with Crippen LogP contribution in [-0.4, -0.2) is 50.4 Å². The molecule has 1 atom stereocenters. The van der Waals surface area contributed by atoms with Gasteiger partial charge < -0.3 is 19.5 Å². The molecule has 2 aromatic carbocycles. The summed E-state index contributed by atoms with van der Waals surface area (Å²) in [6.07, 6.45) is 0. The molecule has 2 aliphatic rings. The summed E-state index contributed by atoms with van der Waals surface area (Å²) >= 11 is 0. The Hall–Kier alpha value is -2.35. The summed E-state index contributed by atoms with van der Waals surface area (Å²) < 4.78 is 30.2. The molecule has 0 aliphatic carbocycles. The molecule has 2 aromatic rings. The van der Waals surface area contributed by atoms with E-state index in [9.17, 15) is 9.18 Å². The second kappa shape index (κ2) is 9.23. The summed E-state index contributed by atoms with van der Waals surface area (Å²) in [5, 5.41) is 2.87. The standard InChI is InChI=1S/C20H21FN2O4.ClH/c21-16-4-2-1-3-15(16)20(24)22-12-17(23-7-9-25-10-8-23)14-5-6-18-19(11-14)27-13-26-18;/h1-6,11,17H,7-10,12-13H2,(H,22,24);1H. The van der Waals surface area contributed by atoms with Crippen LogP contribution < -0.4 is 14.8 Å². The molecule has 1 unspecified atom stereocenters. The van der Waals surface area contributed by atoms with Crippen molar-refractivity contribution in [1.82, 2.24) is 10.2 Å². The van der Waals surface area contributed by atoms with Gasteiger partial charge in [0.15, 0.2) is 11.5 Å². The molecule has 2 aliphatic heterocycles. The van der Waals surface area contributed by atoms with Gasteiger partial charge in [-0.15, -0.1) is 12.4 Å². The summed E-state index contributed by atoms with van der Waals surface area (Å²) in [6.45, 7) is 3.37. The van der Waals surface area contributed by atoms with E-state index in [-0.39, 0.29) is 30.8 Å². The predicted molar refractivity (Wildman–Crippen MR) is 104 cm³/mol. The summed E-state index contributed by atoms with van der Waals surface area (Å²) in [5.41, 5.74) is 1.05. The van der Waals surface area contributed by atoms with Crippen LogP contribution >= 0.6 is 12.4 Å². The van der Waals surface area contributed by atoms with Crippen LogP contribution in [-0.2, 0) is 4.74 Å². The average molecular weight is 409 g/mol. The number of rotatable bonds is 5. The quantitative estimate of drug-likeness (QED) is 0.824. The van der Waals surface area contributed by atoms with Gasteiger partial charge in [-0.25, -0.2) is 4.39 Å². The normalized spacial score (nSPS) is 16.9. The summed E-state index contributed by atoms with van der Waals surface area (Å²) in [7, 11) is 0. The largest absolute Gasteiger partial charge is 0.454 e. The number of carbonyl (C=O) groups excluding carboxylic acids is 1. The lowest BCUT2D eigenvalue weighted by atomic mass is 10.0. The van der Waals surface area contributed by atoms with E-state index in [0.29, 0.717) is 25.5 Å². The highest BCUT2D eigenvalue weighted by Gasteiger charge is 2.26. The Labute approximate surface area is 169 Å². The van der Waals surface area contributed by atoms with Gasteiger partial charge in [-0.2, -0.15) is 0 Å². The Balaban J connectivity index is 0.00000225. The van der Waals surface area contributed by atoms with E-state index in [0.717, 1.165) is 24.4 Å². The molecule has 28 heavy (non-hydrogen) atoms. The molecule has 1 amide bonds.